The summed E-state index contributed by atoms with van der Waals surface area (Å²) in [5, 5.41) is 5.41. The zero-order valence-electron chi connectivity index (χ0n) is 16.3. The molecule has 0 saturated carbocycles. The zero-order chi connectivity index (χ0) is 19.6. The lowest BCUT2D eigenvalue weighted by Gasteiger charge is -2.24. The number of anilines is 2. The average Bonchev–Trinajstić information content (AvgIpc) is 3.00. The summed E-state index contributed by atoms with van der Waals surface area (Å²) in [5.41, 5.74) is 2.96. The minimum absolute atomic E-state index is 0.680. The van der Waals surface area contributed by atoms with Crippen LogP contribution < -0.4 is 9.80 Å². The molecular formula is C21H22N8. The van der Waals surface area contributed by atoms with E-state index in [9.17, 15) is 0 Å². The number of aryl methyl sites for hydroxylation is 1. The smallest absolute Gasteiger partial charge is 0.165 e. The van der Waals surface area contributed by atoms with Crippen molar-refractivity contribution in [1.29, 1.82) is 0 Å². The molecule has 0 atom stereocenters. The van der Waals surface area contributed by atoms with Crippen LogP contribution in [0.3, 0.4) is 0 Å². The van der Waals surface area contributed by atoms with Crippen LogP contribution in [0.25, 0.3) is 22.4 Å². The van der Waals surface area contributed by atoms with Gasteiger partial charge in [-0.25, -0.2) is 9.97 Å². The van der Waals surface area contributed by atoms with Gasteiger partial charge in [0.05, 0.1) is 11.6 Å². The van der Waals surface area contributed by atoms with E-state index in [1.165, 1.54) is 5.69 Å². The van der Waals surface area contributed by atoms with Gasteiger partial charge in [0.25, 0.3) is 0 Å². The Kier molecular flexibility index (Phi) is 4.51. The van der Waals surface area contributed by atoms with Gasteiger partial charge in [0.2, 0.25) is 0 Å². The van der Waals surface area contributed by atoms with E-state index in [4.69, 9.17) is 9.97 Å². The van der Waals surface area contributed by atoms with Crippen LogP contribution in [-0.2, 0) is 7.05 Å². The van der Waals surface area contributed by atoms with Crippen LogP contribution in [0.2, 0.25) is 0 Å². The fourth-order valence-corrected chi connectivity index (χ4v) is 3.81. The van der Waals surface area contributed by atoms with Crippen molar-refractivity contribution in [3.05, 3.63) is 55.2 Å². The van der Waals surface area contributed by atoms with E-state index in [0.717, 1.165) is 55.0 Å². The van der Waals surface area contributed by atoms with Crippen molar-refractivity contribution in [3.63, 3.8) is 0 Å². The van der Waals surface area contributed by atoms with Gasteiger partial charge < -0.3 is 9.80 Å². The number of aromatic nitrogens is 6. The standard InChI is InChI=1S/C21H22N8/c1-27-20-18(15-24-27)21(26-19(25-20)16-4-2-7-23-14-16)29-11-3-10-28(12-13-29)17-5-8-22-9-6-17/h2,4-9,14-15H,3,10-13H2,1H3. The molecule has 5 rings (SSSR count). The van der Waals surface area contributed by atoms with Crippen LogP contribution in [0.1, 0.15) is 6.42 Å². The number of pyridine rings is 2. The van der Waals surface area contributed by atoms with Crippen LogP contribution in [0, 0.1) is 0 Å². The SMILES string of the molecule is Cn1ncc2c(N3CCCN(c4ccncc4)CC3)nc(-c3cccnc3)nc21. The van der Waals surface area contributed by atoms with Crippen molar-refractivity contribution in [1.82, 2.24) is 29.7 Å². The van der Waals surface area contributed by atoms with Crippen molar-refractivity contribution in [2.75, 3.05) is 36.0 Å². The fraction of sp³-hybridized carbons (Fsp3) is 0.286. The predicted molar refractivity (Wildman–Crippen MR) is 113 cm³/mol. The Hall–Kier alpha value is -3.55. The first-order valence-corrected chi connectivity index (χ1v) is 9.80. The van der Waals surface area contributed by atoms with Gasteiger partial charge in [-0.1, -0.05) is 0 Å². The molecule has 1 saturated heterocycles. The molecule has 0 unspecified atom stereocenters. The molecule has 1 aliphatic heterocycles. The summed E-state index contributed by atoms with van der Waals surface area (Å²) in [6.07, 6.45) is 10.2. The summed E-state index contributed by atoms with van der Waals surface area (Å²) in [7, 11) is 1.92. The molecule has 0 aliphatic carbocycles. The molecule has 29 heavy (non-hydrogen) atoms. The molecular weight excluding hydrogens is 364 g/mol. The van der Waals surface area contributed by atoms with Gasteiger partial charge in [-0.15, -0.1) is 0 Å². The van der Waals surface area contributed by atoms with Crippen LogP contribution >= 0.6 is 0 Å². The Morgan fingerprint density at radius 3 is 2.48 bits per heavy atom. The molecule has 146 valence electrons. The molecule has 4 aromatic heterocycles. The highest BCUT2D eigenvalue weighted by Gasteiger charge is 2.21. The van der Waals surface area contributed by atoms with E-state index in [2.05, 4.69) is 37.0 Å². The molecule has 8 heteroatoms. The van der Waals surface area contributed by atoms with Crippen LogP contribution in [0.5, 0.6) is 0 Å². The van der Waals surface area contributed by atoms with E-state index < -0.39 is 0 Å². The summed E-state index contributed by atoms with van der Waals surface area (Å²) in [4.78, 5) is 22.8. The molecule has 1 aliphatic rings. The molecule has 1 fully saturated rings. The van der Waals surface area contributed by atoms with Crippen molar-refractivity contribution in [2.45, 2.75) is 6.42 Å². The third-order valence-corrected chi connectivity index (χ3v) is 5.32. The second-order valence-corrected chi connectivity index (χ2v) is 7.15. The maximum atomic E-state index is 4.94. The number of fused-ring (bicyclic) bond motifs is 1. The van der Waals surface area contributed by atoms with E-state index in [0.29, 0.717) is 5.82 Å². The van der Waals surface area contributed by atoms with E-state index in [1.54, 1.807) is 12.4 Å². The quantitative estimate of drug-likeness (QED) is 0.535. The fourth-order valence-electron chi connectivity index (χ4n) is 3.81. The van der Waals surface area contributed by atoms with Gasteiger partial charge in [0.15, 0.2) is 11.5 Å². The minimum Gasteiger partial charge on any atom is -0.370 e. The summed E-state index contributed by atoms with van der Waals surface area (Å²) >= 11 is 0. The molecule has 5 heterocycles. The zero-order valence-corrected chi connectivity index (χ0v) is 16.3. The van der Waals surface area contributed by atoms with Crippen molar-refractivity contribution in [3.8, 4) is 11.4 Å². The second-order valence-electron chi connectivity index (χ2n) is 7.15. The highest BCUT2D eigenvalue weighted by atomic mass is 15.3. The summed E-state index contributed by atoms with van der Waals surface area (Å²) in [6, 6.07) is 8.03. The number of hydrogen-bond acceptors (Lipinski definition) is 7. The monoisotopic (exact) mass is 386 g/mol. The molecule has 0 aromatic carbocycles. The maximum absolute atomic E-state index is 4.94. The van der Waals surface area contributed by atoms with Crippen molar-refractivity contribution >= 4 is 22.5 Å². The van der Waals surface area contributed by atoms with Gasteiger partial charge in [0.1, 0.15) is 5.82 Å². The lowest BCUT2D eigenvalue weighted by molar-refractivity contribution is 0.783. The number of nitrogens with zero attached hydrogens (tertiary/aromatic N) is 8. The minimum atomic E-state index is 0.680. The average molecular weight is 386 g/mol. The highest BCUT2D eigenvalue weighted by Crippen LogP contribution is 2.28. The Morgan fingerprint density at radius 1 is 0.828 bits per heavy atom. The lowest BCUT2D eigenvalue weighted by atomic mass is 10.2. The molecule has 0 amide bonds. The third kappa shape index (κ3) is 3.37. The van der Waals surface area contributed by atoms with Crippen LogP contribution in [0.4, 0.5) is 11.5 Å². The highest BCUT2D eigenvalue weighted by molar-refractivity contribution is 5.88. The Balaban J connectivity index is 1.51. The van der Waals surface area contributed by atoms with Gasteiger partial charge in [-0.05, 0) is 30.7 Å². The Bertz CT molecular complexity index is 1110. The largest absolute Gasteiger partial charge is 0.370 e. The van der Waals surface area contributed by atoms with Gasteiger partial charge in [-0.2, -0.15) is 5.10 Å². The first kappa shape index (κ1) is 17.5. The molecule has 0 N–H and O–H groups in total. The second kappa shape index (κ2) is 7.46. The molecule has 4 aromatic rings. The lowest BCUT2D eigenvalue weighted by Crippen LogP contribution is -2.31. The van der Waals surface area contributed by atoms with E-state index in [-0.39, 0.29) is 0 Å². The number of hydrogen-bond donors (Lipinski definition) is 0. The third-order valence-electron chi connectivity index (χ3n) is 5.32. The summed E-state index contributed by atoms with van der Waals surface area (Å²) in [6.45, 7) is 3.76. The predicted octanol–water partition coefficient (Wildman–Crippen LogP) is 2.54. The maximum Gasteiger partial charge on any atom is 0.165 e. The first-order chi connectivity index (χ1) is 14.3. The van der Waals surface area contributed by atoms with Crippen LogP contribution in [0.15, 0.2) is 55.2 Å². The van der Waals surface area contributed by atoms with Crippen LogP contribution in [-0.4, -0.2) is 55.9 Å². The van der Waals surface area contributed by atoms with Gasteiger partial charge in [0, 0.05) is 69.3 Å². The normalized spacial score (nSPS) is 14.9. The molecule has 8 nitrogen and oxygen atoms in total. The molecule has 0 radical (unpaired) electrons. The first-order valence-electron chi connectivity index (χ1n) is 9.80. The van der Waals surface area contributed by atoms with Gasteiger partial charge >= 0.3 is 0 Å². The van der Waals surface area contributed by atoms with Crippen molar-refractivity contribution in [2.24, 2.45) is 7.05 Å². The Morgan fingerprint density at radius 2 is 1.66 bits per heavy atom. The Labute approximate surface area is 168 Å². The van der Waals surface area contributed by atoms with E-state index in [1.807, 2.05) is 42.5 Å². The van der Waals surface area contributed by atoms with Crippen molar-refractivity contribution < 1.29 is 0 Å². The molecule has 0 spiro atoms. The summed E-state index contributed by atoms with van der Waals surface area (Å²) in [5.74, 6) is 1.62. The van der Waals surface area contributed by atoms with Gasteiger partial charge in [-0.3, -0.25) is 14.6 Å². The summed E-state index contributed by atoms with van der Waals surface area (Å²) < 4.78 is 1.81. The number of rotatable bonds is 3. The topological polar surface area (TPSA) is 75.9 Å². The van der Waals surface area contributed by atoms with E-state index >= 15 is 0 Å². The molecule has 0 bridgehead atoms.